The van der Waals surface area contributed by atoms with E-state index < -0.39 is 0 Å². The van der Waals surface area contributed by atoms with Crippen LogP contribution in [0.25, 0.3) is 0 Å². The van der Waals surface area contributed by atoms with Crippen LogP contribution < -0.4 is 10.5 Å². The summed E-state index contributed by atoms with van der Waals surface area (Å²) in [6.07, 6.45) is 7.33. The predicted octanol–water partition coefficient (Wildman–Crippen LogP) is 3.05. The van der Waals surface area contributed by atoms with E-state index in [-0.39, 0.29) is 30.5 Å². The molecule has 31 heavy (non-hydrogen) atoms. The summed E-state index contributed by atoms with van der Waals surface area (Å²) in [5.41, 5.74) is 7.53. The van der Waals surface area contributed by atoms with Gasteiger partial charge in [-0.15, -0.1) is 0 Å². The summed E-state index contributed by atoms with van der Waals surface area (Å²) in [4.78, 5) is 34.8. The van der Waals surface area contributed by atoms with Crippen LogP contribution in [0.1, 0.15) is 40.2 Å². The van der Waals surface area contributed by atoms with E-state index in [1.165, 1.54) is 11.3 Å². The molecule has 7 nitrogen and oxygen atoms in total. The van der Waals surface area contributed by atoms with Crippen molar-refractivity contribution >= 4 is 28.3 Å². The predicted molar refractivity (Wildman–Crippen MR) is 121 cm³/mol. The zero-order chi connectivity index (χ0) is 22.0. The molecule has 2 N–H and O–H groups in total. The van der Waals surface area contributed by atoms with Gasteiger partial charge in [0.25, 0.3) is 11.8 Å². The third-order valence-electron chi connectivity index (χ3n) is 6.11. The molecule has 2 aliphatic heterocycles. The minimum absolute atomic E-state index is 0.0150. The molecule has 0 bridgehead atoms. The Balaban J connectivity index is 1.64. The van der Waals surface area contributed by atoms with Crippen molar-refractivity contribution in [2.45, 2.75) is 44.7 Å². The molecule has 2 aliphatic rings. The van der Waals surface area contributed by atoms with Crippen molar-refractivity contribution in [1.29, 1.82) is 0 Å². The fourth-order valence-electron chi connectivity index (χ4n) is 4.46. The van der Waals surface area contributed by atoms with Crippen LogP contribution in [0.3, 0.4) is 0 Å². The SMILES string of the molecule is Cc1nc(N)sc1C(=O)N1CCC[C@@H]2[C@H]1C/C=C/Cc1ccccc1OCC(=O)N2C. The second-order valence-corrected chi connectivity index (χ2v) is 9.09. The largest absolute Gasteiger partial charge is 0.483 e. The number of nitrogen functional groups attached to an aromatic ring is 1. The minimum Gasteiger partial charge on any atom is -0.483 e. The third-order valence-corrected chi connectivity index (χ3v) is 7.08. The summed E-state index contributed by atoms with van der Waals surface area (Å²) < 4.78 is 5.86. The highest BCUT2D eigenvalue weighted by molar-refractivity contribution is 7.17. The number of benzene rings is 1. The highest BCUT2D eigenvalue weighted by Crippen LogP contribution is 2.30. The molecule has 1 aromatic heterocycles. The Kier molecular flexibility index (Phi) is 6.27. The Morgan fingerprint density at radius 3 is 2.84 bits per heavy atom. The number of hydrogen-bond acceptors (Lipinski definition) is 6. The van der Waals surface area contributed by atoms with Gasteiger partial charge in [-0.2, -0.15) is 0 Å². The van der Waals surface area contributed by atoms with Crippen molar-refractivity contribution in [3.8, 4) is 5.75 Å². The van der Waals surface area contributed by atoms with Gasteiger partial charge in [0, 0.05) is 13.6 Å². The summed E-state index contributed by atoms with van der Waals surface area (Å²) in [6, 6.07) is 7.61. The number of aryl methyl sites for hydroxylation is 1. The number of rotatable bonds is 1. The number of piperidine rings is 1. The lowest BCUT2D eigenvalue weighted by Crippen LogP contribution is -2.57. The lowest BCUT2D eigenvalue weighted by atomic mass is 9.91. The van der Waals surface area contributed by atoms with Gasteiger partial charge in [0.05, 0.1) is 17.8 Å². The zero-order valence-electron chi connectivity index (χ0n) is 17.9. The van der Waals surface area contributed by atoms with Gasteiger partial charge in [-0.05, 0) is 44.2 Å². The Hall–Kier alpha value is -2.87. The van der Waals surface area contributed by atoms with Crippen LogP contribution >= 0.6 is 11.3 Å². The number of carbonyl (C=O) groups is 2. The molecule has 2 aromatic rings. The van der Waals surface area contributed by atoms with Gasteiger partial charge in [-0.1, -0.05) is 41.7 Å². The number of likely N-dealkylation sites (tertiary alicyclic amines) is 1. The number of hydrogen-bond donors (Lipinski definition) is 1. The number of ether oxygens (including phenoxy) is 1. The lowest BCUT2D eigenvalue weighted by Gasteiger charge is -2.44. The molecule has 0 saturated carbocycles. The standard InChI is InChI=1S/C23H28N4O3S/c1-15-21(31-23(24)25-15)22(29)27-13-7-11-17-18(27)10-5-3-8-16-9-4-6-12-19(16)30-14-20(28)26(17)2/h3-6,9,12,17-18H,7-8,10-11,13-14H2,1-2H3,(H2,24,25)/b5-3+/t17-,18-/m1/s1. The van der Waals surface area contributed by atoms with Crippen LogP contribution in [0.15, 0.2) is 36.4 Å². The summed E-state index contributed by atoms with van der Waals surface area (Å²) in [6.45, 7) is 2.46. The molecule has 0 spiro atoms. The van der Waals surface area contributed by atoms with Crippen molar-refractivity contribution in [2.75, 3.05) is 25.9 Å². The van der Waals surface area contributed by atoms with Crippen LogP contribution in [0.5, 0.6) is 5.75 Å². The molecule has 4 rings (SSSR count). The molecule has 0 unspecified atom stereocenters. The monoisotopic (exact) mass is 440 g/mol. The fourth-order valence-corrected chi connectivity index (χ4v) is 5.25. The van der Waals surface area contributed by atoms with Crippen LogP contribution in [-0.4, -0.2) is 58.9 Å². The van der Waals surface area contributed by atoms with E-state index in [0.29, 0.717) is 28.7 Å². The van der Waals surface area contributed by atoms with Crippen molar-refractivity contribution in [3.05, 3.63) is 52.6 Å². The van der Waals surface area contributed by atoms with Crippen molar-refractivity contribution in [2.24, 2.45) is 0 Å². The van der Waals surface area contributed by atoms with Gasteiger partial charge in [-0.3, -0.25) is 9.59 Å². The maximum absolute atomic E-state index is 13.4. The molecule has 1 saturated heterocycles. The number of aromatic nitrogens is 1. The Bertz CT molecular complexity index is 1000. The Morgan fingerprint density at radius 2 is 2.06 bits per heavy atom. The van der Waals surface area contributed by atoms with E-state index >= 15 is 0 Å². The smallest absolute Gasteiger partial charge is 0.266 e. The molecule has 0 radical (unpaired) electrons. The first-order valence-corrected chi connectivity index (χ1v) is 11.4. The van der Waals surface area contributed by atoms with E-state index in [1.54, 1.807) is 4.90 Å². The van der Waals surface area contributed by atoms with Gasteiger partial charge >= 0.3 is 0 Å². The third kappa shape index (κ3) is 4.44. The number of nitrogens with zero attached hydrogens (tertiary/aromatic N) is 3. The number of fused-ring (bicyclic) bond motifs is 2. The maximum atomic E-state index is 13.4. The molecule has 1 aromatic carbocycles. The van der Waals surface area contributed by atoms with Gasteiger partial charge in [0.2, 0.25) is 0 Å². The van der Waals surface area contributed by atoms with E-state index in [4.69, 9.17) is 10.5 Å². The average molecular weight is 441 g/mol. The second kappa shape index (κ2) is 9.09. The summed E-state index contributed by atoms with van der Waals surface area (Å²) in [5, 5.41) is 0.399. The van der Waals surface area contributed by atoms with Crippen molar-refractivity contribution in [1.82, 2.24) is 14.8 Å². The number of para-hydroxylation sites is 1. The first-order chi connectivity index (χ1) is 15.0. The molecule has 0 aliphatic carbocycles. The minimum atomic E-state index is -0.108. The molecular weight excluding hydrogens is 412 g/mol. The quantitative estimate of drug-likeness (QED) is 0.689. The number of anilines is 1. The molecule has 1 fully saturated rings. The van der Waals surface area contributed by atoms with Crippen molar-refractivity contribution in [3.63, 3.8) is 0 Å². The Morgan fingerprint density at radius 1 is 1.26 bits per heavy atom. The van der Waals surface area contributed by atoms with E-state index in [2.05, 4.69) is 17.1 Å². The molecule has 164 valence electrons. The van der Waals surface area contributed by atoms with Crippen LogP contribution in [0, 0.1) is 6.92 Å². The summed E-state index contributed by atoms with van der Waals surface area (Å²) in [5.74, 6) is 0.607. The highest BCUT2D eigenvalue weighted by atomic mass is 32.1. The molecule has 3 heterocycles. The zero-order valence-corrected chi connectivity index (χ0v) is 18.7. The molecule has 8 heteroatoms. The molecule has 2 amide bonds. The second-order valence-electron chi connectivity index (χ2n) is 8.05. The van der Waals surface area contributed by atoms with Crippen LogP contribution in [0.2, 0.25) is 0 Å². The maximum Gasteiger partial charge on any atom is 0.266 e. The number of thiazole rings is 1. The average Bonchev–Trinajstić information content (AvgIpc) is 3.11. The molecular formula is C23H28N4O3S. The van der Waals surface area contributed by atoms with E-state index in [0.717, 1.165) is 30.6 Å². The van der Waals surface area contributed by atoms with Crippen LogP contribution in [-0.2, 0) is 11.2 Å². The lowest BCUT2D eigenvalue weighted by molar-refractivity contribution is -0.136. The fraction of sp³-hybridized carbons (Fsp3) is 0.435. The number of nitrogens with two attached hydrogens (primary N) is 1. The first kappa shape index (κ1) is 21.4. The van der Waals surface area contributed by atoms with Crippen molar-refractivity contribution < 1.29 is 14.3 Å². The highest BCUT2D eigenvalue weighted by Gasteiger charge is 2.38. The normalized spacial score (nSPS) is 23.1. The first-order valence-electron chi connectivity index (χ1n) is 10.6. The number of amides is 2. The van der Waals surface area contributed by atoms with E-state index in [9.17, 15) is 9.59 Å². The number of allylic oxidation sites excluding steroid dienone is 1. The Labute approximate surface area is 186 Å². The number of likely N-dealkylation sites (N-methyl/N-ethyl adjacent to an activating group) is 1. The summed E-state index contributed by atoms with van der Waals surface area (Å²) in [7, 11) is 1.81. The topological polar surface area (TPSA) is 88.8 Å². The van der Waals surface area contributed by atoms with Gasteiger partial charge in [-0.25, -0.2) is 4.98 Å². The molecule has 2 atom stereocenters. The van der Waals surface area contributed by atoms with Gasteiger partial charge < -0.3 is 20.3 Å². The van der Waals surface area contributed by atoms with Gasteiger partial charge in [0.15, 0.2) is 11.7 Å². The van der Waals surface area contributed by atoms with Crippen LogP contribution in [0.4, 0.5) is 5.13 Å². The summed E-state index contributed by atoms with van der Waals surface area (Å²) >= 11 is 1.23. The van der Waals surface area contributed by atoms with Gasteiger partial charge in [0.1, 0.15) is 10.6 Å². The number of carbonyl (C=O) groups excluding carboxylic acids is 2. The van der Waals surface area contributed by atoms with E-state index in [1.807, 2.05) is 43.1 Å².